The summed E-state index contributed by atoms with van der Waals surface area (Å²) in [6.45, 7) is 0.871. The highest BCUT2D eigenvalue weighted by Gasteiger charge is 2.22. The zero-order chi connectivity index (χ0) is 14.1. The molecule has 4 rings (SSSR count). The number of aromatic nitrogens is 1. The standard InChI is InChI=1S/C17H16N2S2/c1-2-4-12(5-3-1)16-15(10-18-14-6-7-14)19-17(21-16)13-8-9-20-11-13/h1-5,8-9,11,14,18H,6-7,10H2. The van der Waals surface area contributed by atoms with E-state index in [-0.39, 0.29) is 0 Å². The Labute approximate surface area is 132 Å². The Morgan fingerprint density at radius 3 is 2.67 bits per heavy atom. The first-order chi connectivity index (χ1) is 10.4. The SMILES string of the molecule is c1ccc(-c2sc(-c3ccsc3)nc2CNC2CC2)cc1. The number of rotatable bonds is 5. The third kappa shape index (κ3) is 2.93. The van der Waals surface area contributed by atoms with E-state index in [4.69, 9.17) is 4.98 Å². The molecule has 1 saturated carbocycles. The lowest BCUT2D eigenvalue weighted by atomic mass is 10.1. The molecule has 2 heterocycles. The summed E-state index contributed by atoms with van der Waals surface area (Å²) in [6.07, 6.45) is 2.62. The van der Waals surface area contributed by atoms with Crippen LogP contribution in [-0.4, -0.2) is 11.0 Å². The Morgan fingerprint density at radius 2 is 1.95 bits per heavy atom. The fourth-order valence-corrected chi connectivity index (χ4v) is 4.12. The van der Waals surface area contributed by atoms with Crippen molar-refractivity contribution in [1.82, 2.24) is 10.3 Å². The van der Waals surface area contributed by atoms with Gasteiger partial charge in [-0.3, -0.25) is 0 Å². The number of thiazole rings is 1. The van der Waals surface area contributed by atoms with E-state index in [1.54, 1.807) is 22.7 Å². The normalized spacial score (nSPS) is 14.5. The minimum atomic E-state index is 0.708. The van der Waals surface area contributed by atoms with Crippen LogP contribution in [0.3, 0.4) is 0 Å². The van der Waals surface area contributed by atoms with E-state index in [0.717, 1.165) is 11.6 Å². The van der Waals surface area contributed by atoms with Crippen molar-refractivity contribution in [3.63, 3.8) is 0 Å². The largest absolute Gasteiger partial charge is 0.308 e. The fourth-order valence-electron chi connectivity index (χ4n) is 2.32. The fraction of sp³-hybridized carbons (Fsp3) is 0.235. The Kier molecular flexibility index (Phi) is 3.59. The second kappa shape index (κ2) is 5.72. The summed E-state index contributed by atoms with van der Waals surface area (Å²) in [5.74, 6) is 0. The second-order valence-corrected chi connectivity index (χ2v) is 7.11. The summed E-state index contributed by atoms with van der Waals surface area (Å²) in [4.78, 5) is 6.19. The van der Waals surface area contributed by atoms with Crippen LogP contribution in [0.2, 0.25) is 0 Å². The third-order valence-corrected chi connectivity index (χ3v) is 5.52. The van der Waals surface area contributed by atoms with Gasteiger partial charge in [-0.25, -0.2) is 4.98 Å². The maximum atomic E-state index is 4.89. The van der Waals surface area contributed by atoms with Gasteiger partial charge in [0.05, 0.1) is 10.6 Å². The summed E-state index contributed by atoms with van der Waals surface area (Å²) < 4.78 is 0. The smallest absolute Gasteiger partial charge is 0.125 e. The molecule has 0 saturated heterocycles. The van der Waals surface area contributed by atoms with Crippen LogP contribution in [0.15, 0.2) is 47.2 Å². The van der Waals surface area contributed by atoms with Crippen LogP contribution in [0.4, 0.5) is 0 Å². The molecule has 0 unspecified atom stereocenters. The number of nitrogens with zero attached hydrogens (tertiary/aromatic N) is 1. The summed E-state index contributed by atoms with van der Waals surface area (Å²) in [7, 11) is 0. The zero-order valence-electron chi connectivity index (χ0n) is 11.6. The Bertz CT molecular complexity index is 713. The maximum Gasteiger partial charge on any atom is 0.125 e. The molecule has 0 amide bonds. The molecule has 0 spiro atoms. The minimum Gasteiger partial charge on any atom is -0.308 e. The Morgan fingerprint density at radius 1 is 1.10 bits per heavy atom. The third-order valence-electron chi connectivity index (χ3n) is 3.64. The molecule has 1 aromatic carbocycles. The highest BCUT2D eigenvalue weighted by atomic mass is 32.1. The summed E-state index contributed by atoms with van der Waals surface area (Å²) in [6, 6.07) is 13.5. The lowest BCUT2D eigenvalue weighted by molar-refractivity contribution is 0.678. The predicted molar refractivity (Wildman–Crippen MR) is 90.7 cm³/mol. The van der Waals surface area contributed by atoms with Crippen molar-refractivity contribution >= 4 is 22.7 Å². The van der Waals surface area contributed by atoms with Gasteiger partial charge in [0.1, 0.15) is 5.01 Å². The van der Waals surface area contributed by atoms with Gasteiger partial charge < -0.3 is 5.32 Å². The molecule has 2 aromatic heterocycles. The van der Waals surface area contributed by atoms with Gasteiger partial charge in [0, 0.05) is 23.5 Å². The number of hydrogen-bond donors (Lipinski definition) is 1. The Balaban J connectivity index is 1.71. The molecule has 106 valence electrons. The van der Waals surface area contributed by atoms with E-state index in [1.807, 2.05) is 0 Å². The lowest BCUT2D eigenvalue weighted by Crippen LogP contribution is -2.16. The van der Waals surface area contributed by atoms with E-state index < -0.39 is 0 Å². The van der Waals surface area contributed by atoms with Crippen LogP contribution < -0.4 is 5.32 Å². The van der Waals surface area contributed by atoms with Gasteiger partial charge in [0.2, 0.25) is 0 Å². The first kappa shape index (κ1) is 13.2. The van der Waals surface area contributed by atoms with Crippen LogP contribution in [0.1, 0.15) is 18.5 Å². The predicted octanol–water partition coefficient (Wildman–Crippen LogP) is 4.79. The number of hydrogen-bond acceptors (Lipinski definition) is 4. The van der Waals surface area contributed by atoms with Gasteiger partial charge >= 0.3 is 0 Å². The lowest BCUT2D eigenvalue weighted by Gasteiger charge is -2.03. The molecule has 21 heavy (non-hydrogen) atoms. The topological polar surface area (TPSA) is 24.9 Å². The number of nitrogens with one attached hydrogen (secondary N) is 1. The minimum absolute atomic E-state index is 0.708. The van der Waals surface area contributed by atoms with E-state index in [9.17, 15) is 0 Å². The van der Waals surface area contributed by atoms with E-state index in [1.165, 1.54) is 34.5 Å². The number of benzene rings is 1. The van der Waals surface area contributed by atoms with Gasteiger partial charge in [-0.15, -0.1) is 11.3 Å². The first-order valence-corrected chi connectivity index (χ1v) is 8.97. The Hall–Kier alpha value is -1.49. The maximum absolute atomic E-state index is 4.89. The molecule has 1 fully saturated rings. The molecular formula is C17H16N2S2. The van der Waals surface area contributed by atoms with Crippen LogP contribution in [0.5, 0.6) is 0 Å². The van der Waals surface area contributed by atoms with Gasteiger partial charge in [0.25, 0.3) is 0 Å². The van der Waals surface area contributed by atoms with Crippen molar-refractivity contribution in [3.05, 3.63) is 52.9 Å². The molecular weight excluding hydrogens is 296 g/mol. The number of thiophene rings is 1. The van der Waals surface area contributed by atoms with Crippen LogP contribution in [-0.2, 0) is 6.54 Å². The summed E-state index contributed by atoms with van der Waals surface area (Å²) >= 11 is 3.52. The van der Waals surface area contributed by atoms with Crippen molar-refractivity contribution in [2.24, 2.45) is 0 Å². The molecule has 0 bridgehead atoms. The average molecular weight is 312 g/mol. The zero-order valence-corrected chi connectivity index (χ0v) is 13.2. The van der Waals surface area contributed by atoms with E-state index >= 15 is 0 Å². The monoisotopic (exact) mass is 312 g/mol. The highest BCUT2D eigenvalue weighted by Crippen LogP contribution is 2.36. The van der Waals surface area contributed by atoms with Crippen molar-refractivity contribution in [2.75, 3.05) is 0 Å². The van der Waals surface area contributed by atoms with Crippen molar-refractivity contribution in [1.29, 1.82) is 0 Å². The van der Waals surface area contributed by atoms with E-state index in [0.29, 0.717) is 6.04 Å². The van der Waals surface area contributed by atoms with Crippen LogP contribution in [0, 0.1) is 0 Å². The van der Waals surface area contributed by atoms with E-state index in [2.05, 4.69) is 52.5 Å². The van der Waals surface area contributed by atoms with Gasteiger partial charge in [-0.05, 0) is 29.9 Å². The molecule has 1 aliphatic carbocycles. The van der Waals surface area contributed by atoms with Crippen LogP contribution in [0.25, 0.3) is 21.0 Å². The van der Waals surface area contributed by atoms with Crippen molar-refractivity contribution in [3.8, 4) is 21.0 Å². The average Bonchev–Trinajstić information content (AvgIpc) is 3.03. The quantitative estimate of drug-likeness (QED) is 0.732. The van der Waals surface area contributed by atoms with Crippen molar-refractivity contribution in [2.45, 2.75) is 25.4 Å². The van der Waals surface area contributed by atoms with Crippen LogP contribution >= 0.6 is 22.7 Å². The molecule has 0 radical (unpaired) electrons. The molecule has 0 atom stereocenters. The van der Waals surface area contributed by atoms with Crippen molar-refractivity contribution < 1.29 is 0 Å². The first-order valence-electron chi connectivity index (χ1n) is 7.21. The molecule has 4 heteroatoms. The molecule has 1 N–H and O–H groups in total. The molecule has 1 aliphatic rings. The van der Waals surface area contributed by atoms with Gasteiger partial charge in [-0.2, -0.15) is 11.3 Å². The molecule has 0 aliphatic heterocycles. The van der Waals surface area contributed by atoms with Gasteiger partial charge in [0.15, 0.2) is 0 Å². The molecule has 2 nitrogen and oxygen atoms in total. The summed E-state index contributed by atoms with van der Waals surface area (Å²) in [5.41, 5.74) is 3.68. The highest BCUT2D eigenvalue weighted by molar-refractivity contribution is 7.19. The molecule has 3 aromatic rings. The summed E-state index contributed by atoms with van der Waals surface area (Å²) in [5, 5.41) is 9.00. The second-order valence-electron chi connectivity index (χ2n) is 5.33. The van der Waals surface area contributed by atoms with Gasteiger partial charge in [-0.1, -0.05) is 30.3 Å².